The van der Waals surface area contributed by atoms with Crippen LogP contribution in [0.5, 0.6) is 0 Å². The fraction of sp³-hybridized carbons (Fsp3) is 0.273. The van der Waals surface area contributed by atoms with Gasteiger partial charge >= 0.3 is 0 Å². The van der Waals surface area contributed by atoms with Crippen LogP contribution >= 0.6 is 12.4 Å². The Hall–Kier alpha value is -1.39. The van der Waals surface area contributed by atoms with E-state index in [1.54, 1.807) is 29.2 Å². The monoisotopic (exact) mass is 242 g/mol. The number of Topliss-reactive ketones (excluding diaryl/α,β-unsaturated/α-hetero) is 1. The summed E-state index contributed by atoms with van der Waals surface area (Å²) in [6.07, 6.45) is 0. The lowest BCUT2D eigenvalue weighted by Crippen LogP contribution is -2.28. The molecule has 0 unspecified atom stereocenters. The summed E-state index contributed by atoms with van der Waals surface area (Å²) < 4.78 is 0. The molecule has 0 amide bonds. The highest BCUT2D eigenvalue weighted by atomic mass is 35.5. The van der Waals surface area contributed by atoms with Crippen LogP contribution < -0.4 is 0 Å². The lowest BCUT2D eigenvalue weighted by molar-refractivity contribution is 0.105. The zero-order chi connectivity index (χ0) is 11.3. The van der Waals surface area contributed by atoms with Crippen molar-refractivity contribution in [2.75, 3.05) is 20.6 Å². The van der Waals surface area contributed by atoms with Crippen LogP contribution in [-0.2, 0) is 0 Å². The predicted molar refractivity (Wildman–Crippen MR) is 65.8 cm³/mol. The Labute approximate surface area is 101 Å². The molecule has 0 spiro atoms. The molecule has 5 heteroatoms. The first-order valence-electron chi connectivity index (χ1n) is 4.60. The molecule has 1 rings (SSSR count). The quantitative estimate of drug-likeness (QED) is 0.378. The normalized spacial score (nSPS) is 11.1. The lowest BCUT2D eigenvalue weighted by Gasteiger charge is -2.09. The molecule has 0 atom stereocenters. The fourth-order valence-electron chi connectivity index (χ4n) is 1.20. The van der Waals surface area contributed by atoms with Crippen LogP contribution in [0, 0.1) is 0 Å². The van der Waals surface area contributed by atoms with Crippen molar-refractivity contribution in [1.82, 2.24) is 4.90 Å². The highest BCUT2D eigenvalue weighted by molar-refractivity contribution is 6.46. The lowest BCUT2D eigenvalue weighted by atomic mass is 10.1. The van der Waals surface area contributed by atoms with Crippen LogP contribution in [0.1, 0.15) is 10.4 Å². The van der Waals surface area contributed by atoms with E-state index in [9.17, 15) is 4.79 Å². The highest BCUT2D eigenvalue weighted by Crippen LogP contribution is 2.02. The van der Waals surface area contributed by atoms with Crippen LogP contribution in [0.3, 0.4) is 0 Å². The van der Waals surface area contributed by atoms with Gasteiger partial charge in [0, 0.05) is 12.1 Å². The summed E-state index contributed by atoms with van der Waals surface area (Å²) >= 11 is 0. The average Bonchev–Trinajstić information content (AvgIpc) is 2.26. The minimum Gasteiger partial charge on any atom is -0.410 e. The molecule has 1 aromatic carbocycles. The van der Waals surface area contributed by atoms with Gasteiger partial charge in [-0.15, -0.1) is 12.4 Å². The van der Waals surface area contributed by atoms with Crippen molar-refractivity contribution in [3.63, 3.8) is 0 Å². The number of nitrogens with zero attached hydrogens (tertiary/aromatic N) is 2. The van der Waals surface area contributed by atoms with Crippen molar-refractivity contribution in [2.45, 2.75) is 0 Å². The molecule has 88 valence electrons. The molecule has 0 saturated carbocycles. The molecule has 0 aromatic heterocycles. The van der Waals surface area contributed by atoms with Crippen molar-refractivity contribution >= 4 is 23.9 Å². The van der Waals surface area contributed by atoms with Gasteiger partial charge in [0.05, 0.1) is 0 Å². The summed E-state index contributed by atoms with van der Waals surface area (Å²) in [7, 11) is 3.62. The minimum absolute atomic E-state index is 0. The Kier molecular flexibility index (Phi) is 6.37. The summed E-state index contributed by atoms with van der Waals surface area (Å²) in [4.78, 5) is 13.6. The molecule has 0 aliphatic rings. The van der Waals surface area contributed by atoms with E-state index in [-0.39, 0.29) is 23.9 Å². The molecule has 0 radical (unpaired) electrons. The van der Waals surface area contributed by atoms with Crippen LogP contribution in [0.15, 0.2) is 35.5 Å². The van der Waals surface area contributed by atoms with E-state index in [4.69, 9.17) is 5.21 Å². The van der Waals surface area contributed by atoms with Crippen molar-refractivity contribution in [2.24, 2.45) is 5.16 Å². The van der Waals surface area contributed by atoms with E-state index in [0.29, 0.717) is 12.1 Å². The molecule has 0 bridgehead atoms. The SMILES string of the molecule is CN(C)CC(=NO)C(=O)c1ccccc1.Cl. The molecular weight excluding hydrogens is 228 g/mol. The van der Waals surface area contributed by atoms with Crippen LogP contribution in [0.4, 0.5) is 0 Å². The zero-order valence-corrected chi connectivity index (χ0v) is 10.1. The second-order valence-electron chi connectivity index (χ2n) is 3.48. The van der Waals surface area contributed by atoms with Crippen LogP contribution in [0.2, 0.25) is 0 Å². The molecule has 1 aromatic rings. The van der Waals surface area contributed by atoms with E-state index in [2.05, 4.69) is 5.16 Å². The summed E-state index contributed by atoms with van der Waals surface area (Å²) in [5.74, 6) is -0.244. The van der Waals surface area contributed by atoms with Gasteiger partial charge in [0.25, 0.3) is 0 Å². The van der Waals surface area contributed by atoms with E-state index < -0.39 is 0 Å². The Morgan fingerprint density at radius 1 is 1.31 bits per heavy atom. The van der Waals surface area contributed by atoms with E-state index >= 15 is 0 Å². The molecule has 1 N–H and O–H groups in total. The third kappa shape index (κ3) is 4.00. The molecule has 0 fully saturated rings. The summed E-state index contributed by atoms with van der Waals surface area (Å²) in [6.45, 7) is 0.324. The standard InChI is InChI=1S/C11H14N2O2.ClH/c1-13(2)8-10(12-15)11(14)9-6-4-3-5-7-9;/h3-7,15H,8H2,1-2H3;1H. The summed E-state index contributed by atoms with van der Waals surface area (Å²) in [6, 6.07) is 8.78. The number of hydrogen-bond donors (Lipinski definition) is 1. The average molecular weight is 243 g/mol. The van der Waals surface area contributed by atoms with Gasteiger partial charge in [-0.1, -0.05) is 35.5 Å². The Bertz CT molecular complexity index is 364. The van der Waals surface area contributed by atoms with Crippen molar-refractivity contribution < 1.29 is 10.0 Å². The molecule has 0 aliphatic carbocycles. The maximum absolute atomic E-state index is 11.8. The third-order valence-corrected chi connectivity index (χ3v) is 1.88. The Morgan fingerprint density at radius 3 is 2.31 bits per heavy atom. The van der Waals surface area contributed by atoms with Crippen molar-refractivity contribution in [3.05, 3.63) is 35.9 Å². The van der Waals surface area contributed by atoms with Gasteiger partial charge < -0.3 is 10.1 Å². The molecule has 4 nitrogen and oxygen atoms in total. The van der Waals surface area contributed by atoms with E-state index in [1.165, 1.54) is 0 Å². The number of oxime groups is 1. The van der Waals surface area contributed by atoms with Crippen LogP contribution in [0.25, 0.3) is 0 Å². The smallest absolute Gasteiger partial charge is 0.211 e. The molecule has 16 heavy (non-hydrogen) atoms. The zero-order valence-electron chi connectivity index (χ0n) is 9.25. The molecular formula is C11H15ClN2O2. The van der Waals surface area contributed by atoms with Gasteiger partial charge in [-0.3, -0.25) is 4.79 Å². The predicted octanol–water partition coefficient (Wildman–Crippen LogP) is 1.68. The number of rotatable bonds is 4. The van der Waals surface area contributed by atoms with Gasteiger partial charge in [0.1, 0.15) is 5.71 Å². The molecule has 0 saturated heterocycles. The minimum atomic E-state index is -0.244. The number of carbonyl (C=O) groups excluding carboxylic acids is 1. The van der Waals surface area contributed by atoms with Gasteiger partial charge in [-0.2, -0.15) is 0 Å². The van der Waals surface area contributed by atoms with Gasteiger partial charge in [0.15, 0.2) is 0 Å². The largest absolute Gasteiger partial charge is 0.410 e. The highest BCUT2D eigenvalue weighted by Gasteiger charge is 2.14. The number of ketones is 1. The molecule has 0 heterocycles. The second kappa shape index (κ2) is 6.98. The van der Waals surface area contributed by atoms with Gasteiger partial charge in [-0.25, -0.2) is 0 Å². The second-order valence-corrected chi connectivity index (χ2v) is 3.48. The topological polar surface area (TPSA) is 52.9 Å². The molecule has 0 aliphatic heterocycles. The van der Waals surface area contributed by atoms with Crippen LogP contribution in [-0.4, -0.2) is 42.2 Å². The number of carbonyl (C=O) groups is 1. The Morgan fingerprint density at radius 2 is 1.88 bits per heavy atom. The summed E-state index contributed by atoms with van der Waals surface area (Å²) in [5, 5.41) is 11.8. The Balaban J connectivity index is 0.00000225. The number of halogens is 1. The fourth-order valence-corrected chi connectivity index (χ4v) is 1.20. The summed E-state index contributed by atoms with van der Waals surface area (Å²) in [5.41, 5.74) is 0.679. The van der Waals surface area contributed by atoms with Gasteiger partial charge in [0.2, 0.25) is 5.78 Å². The number of benzene rings is 1. The van der Waals surface area contributed by atoms with Crippen molar-refractivity contribution in [3.8, 4) is 0 Å². The van der Waals surface area contributed by atoms with E-state index in [1.807, 2.05) is 20.2 Å². The third-order valence-electron chi connectivity index (χ3n) is 1.88. The first kappa shape index (κ1) is 14.6. The van der Waals surface area contributed by atoms with Crippen molar-refractivity contribution in [1.29, 1.82) is 0 Å². The first-order valence-corrected chi connectivity index (χ1v) is 4.60. The van der Waals surface area contributed by atoms with Gasteiger partial charge in [-0.05, 0) is 14.1 Å². The number of hydrogen-bond acceptors (Lipinski definition) is 4. The first-order chi connectivity index (χ1) is 7.15. The maximum atomic E-state index is 11.8. The van der Waals surface area contributed by atoms with E-state index in [0.717, 1.165) is 0 Å². The maximum Gasteiger partial charge on any atom is 0.211 e.